The van der Waals surface area contributed by atoms with Crippen LogP contribution >= 0.6 is 0 Å². The van der Waals surface area contributed by atoms with Crippen molar-refractivity contribution in [3.05, 3.63) is 29.3 Å². The Balaban J connectivity index is 2.78. The van der Waals surface area contributed by atoms with E-state index in [0.717, 1.165) is 16.9 Å². The van der Waals surface area contributed by atoms with E-state index >= 15 is 0 Å². The molecule has 2 N–H and O–H groups in total. The van der Waals surface area contributed by atoms with E-state index in [2.05, 4.69) is 11.8 Å². The van der Waals surface area contributed by atoms with Crippen molar-refractivity contribution in [3.8, 4) is 17.6 Å². The Kier molecular flexibility index (Phi) is 6.98. The third-order valence-corrected chi connectivity index (χ3v) is 2.54. The predicted octanol–water partition coefficient (Wildman–Crippen LogP) is 1.56. The molecule has 0 spiro atoms. The van der Waals surface area contributed by atoms with Gasteiger partial charge in [0, 0.05) is 18.2 Å². The molecule has 0 fully saturated rings. The van der Waals surface area contributed by atoms with E-state index in [-0.39, 0.29) is 6.10 Å². The Morgan fingerprint density at radius 3 is 2.74 bits per heavy atom. The highest BCUT2D eigenvalue weighted by Gasteiger charge is 2.07. The fourth-order valence-electron chi connectivity index (χ4n) is 1.64. The normalized spacial score (nSPS) is 11.6. The van der Waals surface area contributed by atoms with Crippen molar-refractivity contribution in [2.24, 2.45) is 5.73 Å². The molecular formula is C15H21NO3. The first-order valence-electron chi connectivity index (χ1n) is 6.17. The van der Waals surface area contributed by atoms with Gasteiger partial charge in [-0.05, 0) is 25.1 Å². The molecule has 0 amide bonds. The summed E-state index contributed by atoms with van der Waals surface area (Å²) < 4.78 is 16.0. The van der Waals surface area contributed by atoms with Crippen LogP contribution < -0.4 is 10.5 Å². The molecule has 0 aromatic heterocycles. The molecule has 0 saturated carbocycles. The Morgan fingerprint density at radius 1 is 1.32 bits per heavy atom. The number of nitrogens with two attached hydrogens (primary N) is 1. The SMILES string of the molecule is COCC(C)OCc1cc(C#CCN)ccc1OC. The van der Waals surface area contributed by atoms with Gasteiger partial charge in [0.25, 0.3) is 0 Å². The summed E-state index contributed by atoms with van der Waals surface area (Å²) in [6, 6.07) is 5.75. The highest BCUT2D eigenvalue weighted by Crippen LogP contribution is 2.21. The fourth-order valence-corrected chi connectivity index (χ4v) is 1.64. The van der Waals surface area contributed by atoms with Crippen LogP contribution in [0.1, 0.15) is 18.1 Å². The Morgan fingerprint density at radius 2 is 2.11 bits per heavy atom. The van der Waals surface area contributed by atoms with Crippen molar-refractivity contribution in [1.82, 2.24) is 0 Å². The monoisotopic (exact) mass is 263 g/mol. The van der Waals surface area contributed by atoms with E-state index in [1.807, 2.05) is 25.1 Å². The third-order valence-electron chi connectivity index (χ3n) is 2.54. The average molecular weight is 263 g/mol. The molecule has 1 rings (SSSR count). The first-order valence-corrected chi connectivity index (χ1v) is 6.17. The molecule has 0 aliphatic heterocycles. The van der Waals surface area contributed by atoms with Crippen molar-refractivity contribution >= 4 is 0 Å². The fraction of sp³-hybridized carbons (Fsp3) is 0.467. The minimum atomic E-state index is 0.0356. The minimum absolute atomic E-state index is 0.0356. The van der Waals surface area contributed by atoms with E-state index in [1.165, 1.54) is 0 Å². The summed E-state index contributed by atoms with van der Waals surface area (Å²) in [5.41, 5.74) is 7.24. The van der Waals surface area contributed by atoms with Gasteiger partial charge in [-0.15, -0.1) is 0 Å². The van der Waals surface area contributed by atoms with Gasteiger partial charge in [-0.1, -0.05) is 11.8 Å². The second-order valence-corrected chi connectivity index (χ2v) is 4.11. The lowest BCUT2D eigenvalue weighted by molar-refractivity contribution is -0.000739. The molecule has 19 heavy (non-hydrogen) atoms. The van der Waals surface area contributed by atoms with Crippen LogP contribution in [0, 0.1) is 11.8 Å². The van der Waals surface area contributed by atoms with Crippen LogP contribution in [0.2, 0.25) is 0 Å². The van der Waals surface area contributed by atoms with Crippen molar-refractivity contribution in [2.45, 2.75) is 19.6 Å². The largest absolute Gasteiger partial charge is 0.496 e. The molecule has 1 aromatic carbocycles. The molecule has 0 heterocycles. The highest BCUT2D eigenvalue weighted by atomic mass is 16.5. The maximum atomic E-state index is 5.69. The highest BCUT2D eigenvalue weighted by molar-refractivity contribution is 5.44. The van der Waals surface area contributed by atoms with Gasteiger partial charge in [0.05, 0.1) is 33.0 Å². The van der Waals surface area contributed by atoms with E-state index in [0.29, 0.717) is 19.8 Å². The molecule has 4 nitrogen and oxygen atoms in total. The maximum Gasteiger partial charge on any atom is 0.124 e. The quantitative estimate of drug-likeness (QED) is 0.791. The van der Waals surface area contributed by atoms with E-state index in [1.54, 1.807) is 14.2 Å². The lowest BCUT2D eigenvalue weighted by atomic mass is 10.1. The average Bonchev–Trinajstić information content (AvgIpc) is 2.43. The second kappa shape index (κ2) is 8.54. The zero-order chi connectivity index (χ0) is 14.1. The molecule has 0 aliphatic carbocycles. The summed E-state index contributed by atoms with van der Waals surface area (Å²) in [6.07, 6.45) is 0.0356. The zero-order valence-electron chi connectivity index (χ0n) is 11.7. The van der Waals surface area contributed by atoms with Gasteiger partial charge in [-0.25, -0.2) is 0 Å². The summed E-state index contributed by atoms with van der Waals surface area (Å²) in [5.74, 6) is 6.62. The van der Waals surface area contributed by atoms with Gasteiger partial charge < -0.3 is 19.9 Å². The van der Waals surface area contributed by atoms with Crippen LogP contribution in [-0.4, -0.2) is 33.5 Å². The Labute approximate surface area is 114 Å². The van der Waals surface area contributed by atoms with Gasteiger partial charge in [-0.3, -0.25) is 0 Å². The number of hydrogen-bond acceptors (Lipinski definition) is 4. The lowest BCUT2D eigenvalue weighted by Crippen LogP contribution is -2.14. The molecule has 1 aromatic rings. The molecule has 0 radical (unpaired) electrons. The topological polar surface area (TPSA) is 53.7 Å². The lowest BCUT2D eigenvalue weighted by Gasteiger charge is -2.14. The predicted molar refractivity (Wildman–Crippen MR) is 75.1 cm³/mol. The summed E-state index contributed by atoms with van der Waals surface area (Å²) in [4.78, 5) is 0. The smallest absolute Gasteiger partial charge is 0.124 e. The number of ether oxygens (including phenoxy) is 3. The second-order valence-electron chi connectivity index (χ2n) is 4.11. The van der Waals surface area contributed by atoms with Gasteiger partial charge in [-0.2, -0.15) is 0 Å². The number of hydrogen-bond donors (Lipinski definition) is 1. The van der Waals surface area contributed by atoms with Gasteiger partial charge >= 0.3 is 0 Å². The van der Waals surface area contributed by atoms with Crippen molar-refractivity contribution in [3.63, 3.8) is 0 Å². The van der Waals surface area contributed by atoms with Crippen molar-refractivity contribution in [1.29, 1.82) is 0 Å². The van der Waals surface area contributed by atoms with E-state index < -0.39 is 0 Å². The van der Waals surface area contributed by atoms with Crippen LogP contribution in [0.4, 0.5) is 0 Å². The first-order chi connectivity index (χ1) is 9.21. The van der Waals surface area contributed by atoms with E-state index in [4.69, 9.17) is 19.9 Å². The Bertz CT molecular complexity index is 448. The molecule has 0 bridgehead atoms. The van der Waals surface area contributed by atoms with Crippen LogP contribution in [0.25, 0.3) is 0 Å². The summed E-state index contributed by atoms with van der Waals surface area (Å²) >= 11 is 0. The summed E-state index contributed by atoms with van der Waals surface area (Å²) in [5, 5.41) is 0. The van der Waals surface area contributed by atoms with Gasteiger partial charge in [0.1, 0.15) is 5.75 Å². The standard InChI is InChI=1S/C15H21NO3/c1-12(10-17-2)19-11-14-9-13(5-4-8-16)6-7-15(14)18-3/h6-7,9,12H,8,10-11,16H2,1-3H3. The Hall–Kier alpha value is -1.54. The summed E-state index contributed by atoms with van der Waals surface area (Å²) in [6.45, 7) is 3.34. The van der Waals surface area contributed by atoms with Crippen LogP contribution in [0.5, 0.6) is 5.75 Å². The molecular weight excluding hydrogens is 242 g/mol. The first kappa shape index (κ1) is 15.5. The van der Waals surface area contributed by atoms with Crippen LogP contribution in [0.3, 0.4) is 0 Å². The van der Waals surface area contributed by atoms with Crippen LogP contribution in [0.15, 0.2) is 18.2 Å². The van der Waals surface area contributed by atoms with Crippen molar-refractivity contribution in [2.75, 3.05) is 27.4 Å². The van der Waals surface area contributed by atoms with E-state index in [9.17, 15) is 0 Å². The number of benzene rings is 1. The number of methoxy groups -OCH3 is 2. The molecule has 4 heteroatoms. The maximum absolute atomic E-state index is 5.69. The minimum Gasteiger partial charge on any atom is -0.496 e. The van der Waals surface area contributed by atoms with Gasteiger partial charge in [0.15, 0.2) is 0 Å². The zero-order valence-corrected chi connectivity index (χ0v) is 11.7. The molecule has 1 unspecified atom stereocenters. The molecule has 104 valence electrons. The third kappa shape index (κ3) is 5.31. The molecule has 0 aliphatic rings. The molecule has 0 saturated heterocycles. The number of rotatable bonds is 6. The summed E-state index contributed by atoms with van der Waals surface area (Å²) in [7, 11) is 3.30. The van der Waals surface area contributed by atoms with Gasteiger partial charge in [0.2, 0.25) is 0 Å². The van der Waals surface area contributed by atoms with Crippen molar-refractivity contribution < 1.29 is 14.2 Å². The van der Waals surface area contributed by atoms with Crippen LogP contribution in [-0.2, 0) is 16.1 Å². The molecule has 1 atom stereocenters.